The largest absolute Gasteiger partial charge is 0.343 e. The van der Waals surface area contributed by atoms with Crippen LogP contribution in [0.3, 0.4) is 0 Å². The molecule has 1 aromatic carbocycles. The molecule has 1 N–H and O–H groups in total. The summed E-state index contributed by atoms with van der Waals surface area (Å²) in [6.45, 7) is 1.76. The van der Waals surface area contributed by atoms with Gasteiger partial charge in [-0.3, -0.25) is 9.59 Å². The number of piperidine rings is 1. The molecule has 124 valence electrons. The van der Waals surface area contributed by atoms with Crippen molar-refractivity contribution in [3.05, 3.63) is 34.9 Å². The van der Waals surface area contributed by atoms with Gasteiger partial charge in [-0.05, 0) is 48.9 Å². The molecule has 1 saturated heterocycles. The monoisotopic (exact) mass is 334 g/mol. The molecule has 0 spiro atoms. The first-order valence-corrected chi connectivity index (χ1v) is 8.83. The van der Waals surface area contributed by atoms with Crippen LogP contribution in [0.5, 0.6) is 0 Å². The van der Waals surface area contributed by atoms with Crippen LogP contribution in [0.4, 0.5) is 0 Å². The van der Waals surface area contributed by atoms with E-state index in [4.69, 9.17) is 11.6 Å². The first-order valence-electron chi connectivity index (χ1n) is 8.45. The number of hydrogen-bond donors (Lipinski definition) is 1. The van der Waals surface area contributed by atoms with E-state index >= 15 is 0 Å². The zero-order valence-electron chi connectivity index (χ0n) is 13.3. The first-order chi connectivity index (χ1) is 11.1. The molecule has 4 nitrogen and oxygen atoms in total. The lowest BCUT2D eigenvalue weighted by Crippen LogP contribution is -2.48. The lowest BCUT2D eigenvalue weighted by Gasteiger charge is -2.41. The van der Waals surface area contributed by atoms with Crippen LogP contribution in [0, 0.1) is 11.8 Å². The number of fused-ring (bicyclic) bond motifs is 1. The molecule has 0 unspecified atom stereocenters. The maximum Gasteiger partial charge on any atom is 0.251 e. The van der Waals surface area contributed by atoms with Gasteiger partial charge in [-0.1, -0.05) is 30.9 Å². The summed E-state index contributed by atoms with van der Waals surface area (Å²) in [5.74, 6) is 1.25. The average molecular weight is 335 g/mol. The van der Waals surface area contributed by atoms with E-state index in [0.717, 1.165) is 25.4 Å². The molecule has 1 saturated carbocycles. The topological polar surface area (TPSA) is 49.4 Å². The lowest BCUT2D eigenvalue weighted by atomic mass is 9.75. The van der Waals surface area contributed by atoms with Crippen molar-refractivity contribution in [1.82, 2.24) is 10.2 Å². The van der Waals surface area contributed by atoms with Crippen LogP contribution in [0.15, 0.2) is 24.3 Å². The normalized spacial score (nSPS) is 24.0. The quantitative estimate of drug-likeness (QED) is 0.923. The summed E-state index contributed by atoms with van der Waals surface area (Å²) >= 11 is 5.81. The van der Waals surface area contributed by atoms with E-state index in [-0.39, 0.29) is 18.4 Å². The highest BCUT2D eigenvalue weighted by molar-refractivity contribution is 6.30. The number of hydrogen-bond acceptors (Lipinski definition) is 2. The van der Waals surface area contributed by atoms with Crippen LogP contribution in [0.1, 0.15) is 42.5 Å². The molecule has 3 rings (SSSR count). The van der Waals surface area contributed by atoms with Gasteiger partial charge >= 0.3 is 0 Å². The summed E-state index contributed by atoms with van der Waals surface area (Å²) in [6, 6.07) is 6.67. The number of nitrogens with one attached hydrogen (secondary N) is 1. The number of carbonyl (C=O) groups is 2. The molecular weight excluding hydrogens is 312 g/mol. The number of likely N-dealkylation sites (tertiary alicyclic amines) is 1. The van der Waals surface area contributed by atoms with Crippen molar-refractivity contribution in [1.29, 1.82) is 0 Å². The Hall–Kier alpha value is -1.55. The summed E-state index contributed by atoms with van der Waals surface area (Å²) in [5, 5.41) is 3.31. The predicted molar refractivity (Wildman–Crippen MR) is 90.4 cm³/mol. The highest BCUT2D eigenvalue weighted by atomic mass is 35.5. The average Bonchev–Trinajstić information content (AvgIpc) is 2.59. The van der Waals surface area contributed by atoms with Crippen LogP contribution in [0.25, 0.3) is 0 Å². The molecule has 2 amide bonds. The Bertz CT molecular complexity index is 573. The summed E-state index contributed by atoms with van der Waals surface area (Å²) < 4.78 is 0. The first kappa shape index (κ1) is 16.3. The molecule has 23 heavy (non-hydrogen) atoms. The SMILES string of the molecule is O=C(NCC(=O)N1CC[C@@H]2CCCC[C@@H]2C1)c1ccc(Cl)cc1. The Balaban J connectivity index is 1.49. The fourth-order valence-corrected chi connectivity index (χ4v) is 3.92. The van der Waals surface area contributed by atoms with Crippen molar-refractivity contribution < 1.29 is 9.59 Å². The summed E-state index contributed by atoms with van der Waals surface area (Å²) in [5.41, 5.74) is 0.521. The van der Waals surface area contributed by atoms with Crippen molar-refractivity contribution >= 4 is 23.4 Å². The molecule has 5 heteroatoms. The molecule has 1 aromatic rings. The van der Waals surface area contributed by atoms with Crippen molar-refractivity contribution in [2.24, 2.45) is 11.8 Å². The van der Waals surface area contributed by atoms with E-state index in [2.05, 4.69) is 5.32 Å². The van der Waals surface area contributed by atoms with E-state index in [1.54, 1.807) is 24.3 Å². The minimum atomic E-state index is -0.234. The third kappa shape index (κ3) is 4.05. The van der Waals surface area contributed by atoms with Gasteiger partial charge in [-0.25, -0.2) is 0 Å². The zero-order chi connectivity index (χ0) is 16.2. The van der Waals surface area contributed by atoms with E-state index in [0.29, 0.717) is 16.5 Å². The summed E-state index contributed by atoms with van der Waals surface area (Å²) in [6.07, 6.45) is 6.30. The van der Waals surface area contributed by atoms with Gasteiger partial charge in [0.1, 0.15) is 0 Å². The van der Waals surface area contributed by atoms with Crippen LogP contribution < -0.4 is 5.32 Å². The molecule has 0 aromatic heterocycles. The molecule has 1 aliphatic heterocycles. The van der Waals surface area contributed by atoms with Crippen molar-refractivity contribution in [2.75, 3.05) is 19.6 Å². The van der Waals surface area contributed by atoms with E-state index in [1.165, 1.54) is 25.7 Å². The van der Waals surface area contributed by atoms with E-state index in [1.807, 2.05) is 4.90 Å². The molecule has 1 aliphatic carbocycles. The number of amides is 2. The summed E-state index contributed by atoms with van der Waals surface area (Å²) in [4.78, 5) is 26.3. The van der Waals surface area contributed by atoms with Gasteiger partial charge in [0.25, 0.3) is 5.91 Å². The van der Waals surface area contributed by atoms with Crippen LogP contribution >= 0.6 is 11.6 Å². The molecule has 0 radical (unpaired) electrons. The number of carbonyl (C=O) groups excluding carboxylic acids is 2. The molecule has 0 bridgehead atoms. The van der Waals surface area contributed by atoms with Crippen LogP contribution in [-0.4, -0.2) is 36.3 Å². The second-order valence-corrected chi connectivity index (χ2v) is 7.06. The number of rotatable bonds is 3. The van der Waals surface area contributed by atoms with Crippen molar-refractivity contribution in [3.8, 4) is 0 Å². The highest BCUT2D eigenvalue weighted by Crippen LogP contribution is 2.35. The smallest absolute Gasteiger partial charge is 0.251 e. The predicted octanol–water partition coefficient (Wildman–Crippen LogP) is 3.11. The third-order valence-corrected chi connectivity index (χ3v) is 5.40. The van der Waals surface area contributed by atoms with Gasteiger partial charge in [0.15, 0.2) is 0 Å². The van der Waals surface area contributed by atoms with Gasteiger partial charge in [-0.15, -0.1) is 0 Å². The van der Waals surface area contributed by atoms with Crippen molar-refractivity contribution in [2.45, 2.75) is 32.1 Å². The fourth-order valence-electron chi connectivity index (χ4n) is 3.80. The fraction of sp³-hybridized carbons (Fsp3) is 0.556. The Kier molecular flexibility index (Phi) is 5.21. The third-order valence-electron chi connectivity index (χ3n) is 5.15. The number of halogens is 1. The second kappa shape index (κ2) is 7.35. The molecule has 2 aliphatic rings. The lowest BCUT2D eigenvalue weighted by molar-refractivity contribution is -0.133. The second-order valence-electron chi connectivity index (χ2n) is 6.62. The van der Waals surface area contributed by atoms with Gasteiger partial charge < -0.3 is 10.2 Å². The zero-order valence-corrected chi connectivity index (χ0v) is 14.0. The maximum atomic E-state index is 12.4. The van der Waals surface area contributed by atoms with Gasteiger partial charge in [0.05, 0.1) is 6.54 Å². The van der Waals surface area contributed by atoms with Crippen molar-refractivity contribution in [3.63, 3.8) is 0 Å². The highest BCUT2D eigenvalue weighted by Gasteiger charge is 2.32. The number of benzene rings is 1. The minimum absolute atomic E-state index is 0.0244. The minimum Gasteiger partial charge on any atom is -0.343 e. The van der Waals surface area contributed by atoms with Gasteiger partial charge in [0, 0.05) is 23.7 Å². The van der Waals surface area contributed by atoms with E-state index in [9.17, 15) is 9.59 Å². The maximum absolute atomic E-state index is 12.4. The Morgan fingerprint density at radius 3 is 2.52 bits per heavy atom. The van der Waals surface area contributed by atoms with Crippen LogP contribution in [0.2, 0.25) is 5.02 Å². The molecule has 2 atom stereocenters. The Labute approximate surface area is 142 Å². The summed E-state index contributed by atoms with van der Waals surface area (Å²) in [7, 11) is 0. The molecular formula is C18H23ClN2O2. The Morgan fingerprint density at radius 2 is 1.78 bits per heavy atom. The van der Waals surface area contributed by atoms with Crippen LogP contribution in [-0.2, 0) is 4.79 Å². The van der Waals surface area contributed by atoms with E-state index < -0.39 is 0 Å². The van der Waals surface area contributed by atoms with Gasteiger partial charge in [-0.2, -0.15) is 0 Å². The Morgan fingerprint density at radius 1 is 1.09 bits per heavy atom. The van der Waals surface area contributed by atoms with Gasteiger partial charge in [0.2, 0.25) is 5.91 Å². The standard InChI is InChI=1S/C18H23ClN2O2/c19-16-7-5-14(6-8-16)18(23)20-11-17(22)21-10-9-13-3-1-2-4-15(13)12-21/h5-8,13,15H,1-4,9-12H2,(H,20,23)/t13-,15+/m0/s1. The molecule has 1 heterocycles. The molecule has 2 fully saturated rings. The number of nitrogens with zero attached hydrogens (tertiary/aromatic N) is 1.